The van der Waals surface area contributed by atoms with E-state index in [9.17, 15) is 0 Å². The Balaban J connectivity index is 1.55. The maximum absolute atomic E-state index is 6.46. The van der Waals surface area contributed by atoms with Gasteiger partial charge in [-0.15, -0.1) is 0 Å². The lowest BCUT2D eigenvalue weighted by molar-refractivity contribution is 0.00578. The van der Waals surface area contributed by atoms with Crippen molar-refractivity contribution in [3.8, 4) is 34.2 Å². The molecular weight excluding hydrogens is 457 g/mol. The normalized spacial score (nSPS) is 16.3. The summed E-state index contributed by atoms with van der Waals surface area (Å²) in [5.41, 5.74) is 2.85. The minimum Gasteiger partial charge on any atom is -0.399 e. The molecule has 5 nitrogen and oxygen atoms in total. The molecule has 6 rings (SSSR count). The SMILES string of the molecule is CC1(C)OB(c2cc(-c3nc(-c4ccccc4)nc(-c4ccccc4)n3)cc3ccccc23)OC1(C)C. The predicted octanol–water partition coefficient (Wildman–Crippen LogP) is 6.33. The number of fused-ring (bicyclic) bond motifs is 1. The van der Waals surface area contributed by atoms with Gasteiger partial charge in [-0.05, 0) is 50.0 Å². The van der Waals surface area contributed by atoms with Crippen LogP contribution in [0.3, 0.4) is 0 Å². The minimum atomic E-state index is -0.501. The average molecular weight is 485 g/mol. The second-order valence-electron chi connectivity index (χ2n) is 10.4. The van der Waals surface area contributed by atoms with Crippen molar-refractivity contribution in [2.45, 2.75) is 38.9 Å². The highest BCUT2D eigenvalue weighted by Crippen LogP contribution is 2.37. The van der Waals surface area contributed by atoms with Crippen molar-refractivity contribution < 1.29 is 9.31 Å². The summed E-state index contributed by atoms with van der Waals surface area (Å²) in [6.07, 6.45) is 0. The Bertz CT molecular complexity index is 1510. The number of rotatable bonds is 4. The molecule has 0 radical (unpaired) electrons. The third-order valence-corrected chi connectivity index (χ3v) is 7.36. The summed E-state index contributed by atoms with van der Waals surface area (Å²) in [6.45, 7) is 8.29. The van der Waals surface area contributed by atoms with Gasteiger partial charge < -0.3 is 9.31 Å². The van der Waals surface area contributed by atoms with Crippen LogP contribution in [0.1, 0.15) is 27.7 Å². The zero-order chi connectivity index (χ0) is 25.6. The van der Waals surface area contributed by atoms with Crippen molar-refractivity contribution in [3.05, 3.63) is 97.1 Å². The molecule has 37 heavy (non-hydrogen) atoms. The van der Waals surface area contributed by atoms with E-state index in [0.717, 1.165) is 32.9 Å². The first-order valence-corrected chi connectivity index (χ1v) is 12.6. The molecule has 182 valence electrons. The fourth-order valence-corrected chi connectivity index (χ4v) is 4.57. The number of aromatic nitrogens is 3. The highest BCUT2D eigenvalue weighted by molar-refractivity contribution is 6.65. The van der Waals surface area contributed by atoms with Crippen LogP contribution in [0, 0.1) is 0 Å². The van der Waals surface area contributed by atoms with Crippen molar-refractivity contribution in [1.82, 2.24) is 15.0 Å². The molecule has 1 fully saturated rings. The lowest BCUT2D eigenvalue weighted by atomic mass is 9.75. The monoisotopic (exact) mass is 485 g/mol. The Labute approximate surface area is 217 Å². The van der Waals surface area contributed by atoms with Crippen LogP contribution in [-0.2, 0) is 9.31 Å². The van der Waals surface area contributed by atoms with Gasteiger partial charge in [-0.1, -0.05) is 91.0 Å². The standard InChI is InChI=1S/C31H28BN3O2/c1-30(2)31(3,4)37-32(36-30)26-20-24(19-23-17-11-12-18-25(23)26)29-34-27(21-13-7-5-8-14-21)33-28(35-29)22-15-9-6-10-16-22/h5-20H,1-4H3. The Morgan fingerprint density at radius 1 is 0.541 bits per heavy atom. The van der Waals surface area contributed by atoms with E-state index in [1.807, 2.05) is 72.8 Å². The first-order chi connectivity index (χ1) is 17.8. The van der Waals surface area contributed by atoms with Gasteiger partial charge in [-0.3, -0.25) is 0 Å². The molecule has 1 aliphatic rings. The summed E-state index contributed by atoms with van der Waals surface area (Å²) in [6, 6.07) is 32.5. The number of hydrogen-bond acceptors (Lipinski definition) is 5. The van der Waals surface area contributed by atoms with Crippen LogP contribution in [0.25, 0.3) is 44.9 Å². The first-order valence-electron chi connectivity index (χ1n) is 12.6. The number of benzene rings is 4. The van der Waals surface area contributed by atoms with Gasteiger partial charge >= 0.3 is 7.12 Å². The number of nitrogens with zero attached hydrogens (tertiary/aromatic N) is 3. The highest BCUT2D eigenvalue weighted by Gasteiger charge is 2.52. The maximum atomic E-state index is 6.46. The lowest BCUT2D eigenvalue weighted by Gasteiger charge is -2.32. The molecule has 0 saturated carbocycles. The molecule has 2 heterocycles. The highest BCUT2D eigenvalue weighted by atomic mass is 16.7. The molecule has 0 bridgehead atoms. The van der Waals surface area contributed by atoms with Gasteiger partial charge in [0.2, 0.25) is 0 Å². The minimum absolute atomic E-state index is 0.442. The molecule has 0 unspecified atom stereocenters. The zero-order valence-corrected chi connectivity index (χ0v) is 21.5. The third-order valence-electron chi connectivity index (χ3n) is 7.36. The van der Waals surface area contributed by atoms with Gasteiger partial charge in [0.05, 0.1) is 11.2 Å². The van der Waals surface area contributed by atoms with Crippen molar-refractivity contribution in [2.24, 2.45) is 0 Å². The molecule has 0 amide bonds. The lowest BCUT2D eigenvalue weighted by Crippen LogP contribution is -2.41. The van der Waals surface area contributed by atoms with Gasteiger partial charge in [0.15, 0.2) is 17.5 Å². The van der Waals surface area contributed by atoms with Crippen molar-refractivity contribution in [2.75, 3.05) is 0 Å². The van der Waals surface area contributed by atoms with Crippen LogP contribution < -0.4 is 5.46 Å². The summed E-state index contributed by atoms with van der Waals surface area (Å²) < 4.78 is 12.9. The predicted molar refractivity (Wildman–Crippen MR) is 149 cm³/mol. The Hall–Kier alpha value is -3.87. The molecule has 1 aliphatic heterocycles. The van der Waals surface area contributed by atoms with E-state index in [1.165, 1.54) is 0 Å². The molecule has 0 spiro atoms. The Kier molecular flexibility index (Phi) is 5.66. The summed E-state index contributed by atoms with van der Waals surface area (Å²) in [4.78, 5) is 14.7. The summed E-state index contributed by atoms with van der Waals surface area (Å²) in [7, 11) is -0.501. The van der Waals surface area contributed by atoms with Crippen molar-refractivity contribution >= 4 is 23.4 Å². The van der Waals surface area contributed by atoms with E-state index in [1.54, 1.807) is 0 Å². The molecule has 5 aromatic rings. The molecule has 0 aliphatic carbocycles. The van der Waals surface area contributed by atoms with Gasteiger partial charge in [0.25, 0.3) is 0 Å². The maximum Gasteiger partial charge on any atom is 0.495 e. The average Bonchev–Trinajstić information content (AvgIpc) is 3.15. The van der Waals surface area contributed by atoms with Gasteiger partial charge in [-0.25, -0.2) is 15.0 Å². The fourth-order valence-electron chi connectivity index (χ4n) is 4.57. The van der Waals surface area contributed by atoms with Crippen LogP contribution in [0.4, 0.5) is 0 Å². The summed E-state index contributed by atoms with van der Waals surface area (Å²) >= 11 is 0. The summed E-state index contributed by atoms with van der Waals surface area (Å²) in [5.74, 6) is 1.88. The zero-order valence-electron chi connectivity index (χ0n) is 21.5. The largest absolute Gasteiger partial charge is 0.495 e. The molecule has 0 N–H and O–H groups in total. The van der Waals surface area contributed by atoms with Crippen LogP contribution in [0.15, 0.2) is 97.1 Å². The van der Waals surface area contributed by atoms with E-state index in [0.29, 0.717) is 17.5 Å². The third kappa shape index (κ3) is 4.33. The van der Waals surface area contributed by atoms with Gasteiger partial charge in [-0.2, -0.15) is 0 Å². The molecule has 4 aromatic carbocycles. The first kappa shape index (κ1) is 23.5. The molecular formula is C31H28BN3O2. The molecule has 1 aromatic heterocycles. The fraction of sp³-hybridized carbons (Fsp3) is 0.194. The van der Waals surface area contributed by atoms with E-state index < -0.39 is 18.3 Å². The van der Waals surface area contributed by atoms with E-state index in [4.69, 9.17) is 24.3 Å². The molecule has 1 saturated heterocycles. The van der Waals surface area contributed by atoms with E-state index in [-0.39, 0.29) is 0 Å². The Morgan fingerprint density at radius 3 is 1.54 bits per heavy atom. The topological polar surface area (TPSA) is 57.1 Å². The van der Waals surface area contributed by atoms with Gasteiger partial charge in [0, 0.05) is 16.7 Å². The quantitative estimate of drug-likeness (QED) is 0.279. The van der Waals surface area contributed by atoms with Crippen LogP contribution >= 0.6 is 0 Å². The molecule has 0 atom stereocenters. The van der Waals surface area contributed by atoms with E-state index in [2.05, 4.69) is 52.0 Å². The summed E-state index contributed by atoms with van der Waals surface area (Å²) in [5, 5.41) is 2.16. The number of hydrogen-bond donors (Lipinski definition) is 0. The van der Waals surface area contributed by atoms with Crippen LogP contribution in [0.2, 0.25) is 0 Å². The van der Waals surface area contributed by atoms with Crippen molar-refractivity contribution in [1.29, 1.82) is 0 Å². The second-order valence-corrected chi connectivity index (χ2v) is 10.4. The van der Waals surface area contributed by atoms with E-state index >= 15 is 0 Å². The van der Waals surface area contributed by atoms with Crippen LogP contribution in [0.5, 0.6) is 0 Å². The Morgan fingerprint density at radius 2 is 1.00 bits per heavy atom. The molecule has 6 heteroatoms. The van der Waals surface area contributed by atoms with Crippen molar-refractivity contribution in [3.63, 3.8) is 0 Å². The van der Waals surface area contributed by atoms with Crippen LogP contribution in [-0.4, -0.2) is 33.3 Å². The second kappa shape index (κ2) is 8.91. The smallest absolute Gasteiger partial charge is 0.399 e. The van der Waals surface area contributed by atoms with Gasteiger partial charge in [0.1, 0.15) is 0 Å².